The Morgan fingerprint density at radius 1 is 1.28 bits per heavy atom. The van der Waals surface area contributed by atoms with E-state index in [9.17, 15) is 14.4 Å². The molecule has 0 spiro atoms. The van der Waals surface area contributed by atoms with Crippen molar-refractivity contribution in [2.75, 3.05) is 6.54 Å². The van der Waals surface area contributed by atoms with Crippen LogP contribution in [-0.2, 0) is 14.4 Å². The Hall–Kier alpha value is -2.17. The van der Waals surface area contributed by atoms with E-state index in [0.717, 1.165) is 10.5 Å². The molecule has 18 heavy (non-hydrogen) atoms. The van der Waals surface area contributed by atoms with Crippen molar-refractivity contribution in [3.8, 4) is 0 Å². The van der Waals surface area contributed by atoms with Gasteiger partial charge in [0.2, 0.25) is 11.8 Å². The van der Waals surface area contributed by atoms with Crippen LogP contribution in [0.4, 0.5) is 0 Å². The Morgan fingerprint density at radius 2 is 1.94 bits per heavy atom. The first-order valence-corrected chi connectivity index (χ1v) is 5.70. The molecule has 1 aliphatic rings. The van der Waals surface area contributed by atoms with Crippen molar-refractivity contribution in [2.24, 2.45) is 0 Å². The molecule has 1 N–H and O–H groups in total. The van der Waals surface area contributed by atoms with Crippen LogP contribution in [-0.4, -0.2) is 34.3 Å². The first-order chi connectivity index (χ1) is 8.59. The molecule has 0 aromatic heterocycles. The predicted molar refractivity (Wildman–Crippen MR) is 62.8 cm³/mol. The molecular weight excluding hydrogens is 234 g/mol. The van der Waals surface area contributed by atoms with E-state index in [1.54, 1.807) is 12.1 Å². The fourth-order valence-corrected chi connectivity index (χ4v) is 2.07. The van der Waals surface area contributed by atoms with Gasteiger partial charge in [-0.25, -0.2) is 0 Å². The number of likely N-dealkylation sites (tertiary alicyclic amines) is 1. The van der Waals surface area contributed by atoms with Crippen molar-refractivity contribution in [1.82, 2.24) is 4.90 Å². The molecule has 5 nitrogen and oxygen atoms in total. The molecule has 1 aromatic rings. The number of imide groups is 1. The number of hydrogen-bond acceptors (Lipinski definition) is 3. The number of aliphatic carboxylic acids is 1. The van der Waals surface area contributed by atoms with Crippen LogP contribution in [0.15, 0.2) is 30.3 Å². The maximum absolute atomic E-state index is 12.0. The lowest BCUT2D eigenvalue weighted by Crippen LogP contribution is -2.32. The van der Waals surface area contributed by atoms with Gasteiger partial charge >= 0.3 is 5.97 Å². The molecule has 94 valence electrons. The highest BCUT2D eigenvalue weighted by molar-refractivity contribution is 6.06. The van der Waals surface area contributed by atoms with Crippen LogP contribution in [0.3, 0.4) is 0 Å². The molecule has 0 aliphatic carbocycles. The van der Waals surface area contributed by atoms with Gasteiger partial charge in [-0.15, -0.1) is 0 Å². The first kappa shape index (κ1) is 12.3. The van der Waals surface area contributed by atoms with E-state index in [4.69, 9.17) is 5.11 Å². The maximum atomic E-state index is 12.0. The predicted octanol–water partition coefficient (Wildman–Crippen LogP) is 1.00. The maximum Gasteiger partial charge on any atom is 0.305 e. The smallest absolute Gasteiger partial charge is 0.305 e. The Bertz CT molecular complexity index is 483. The lowest BCUT2D eigenvalue weighted by Gasteiger charge is -2.13. The summed E-state index contributed by atoms with van der Waals surface area (Å²) in [6, 6.07) is 9.07. The molecule has 1 saturated heterocycles. The van der Waals surface area contributed by atoms with Gasteiger partial charge in [0.15, 0.2) is 0 Å². The zero-order chi connectivity index (χ0) is 13.1. The van der Waals surface area contributed by atoms with Gasteiger partial charge in [-0.05, 0) is 5.56 Å². The SMILES string of the molecule is O=C(O)CCN1C(=O)CC(c2ccccc2)C1=O. The third kappa shape index (κ3) is 2.40. The average molecular weight is 247 g/mol. The number of amides is 2. The molecule has 0 radical (unpaired) electrons. The topological polar surface area (TPSA) is 74.7 Å². The highest BCUT2D eigenvalue weighted by Gasteiger charge is 2.39. The molecule has 2 rings (SSSR count). The molecule has 0 bridgehead atoms. The van der Waals surface area contributed by atoms with Crippen molar-refractivity contribution in [1.29, 1.82) is 0 Å². The summed E-state index contributed by atoms with van der Waals surface area (Å²) in [5.41, 5.74) is 0.800. The van der Waals surface area contributed by atoms with E-state index in [0.29, 0.717) is 0 Å². The summed E-state index contributed by atoms with van der Waals surface area (Å²) >= 11 is 0. The molecule has 1 fully saturated rings. The van der Waals surface area contributed by atoms with Gasteiger partial charge in [0.05, 0.1) is 12.3 Å². The van der Waals surface area contributed by atoms with Gasteiger partial charge in [0.25, 0.3) is 0 Å². The van der Waals surface area contributed by atoms with E-state index in [1.807, 2.05) is 18.2 Å². The van der Waals surface area contributed by atoms with Crippen LogP contribution < -0.4 is 0 Å². The summed E-state index contributed by atoms with van der Waals surface area (Å²) in [7, 11) is 0. The van der Waals surface area contributed by atoms with E-state index < -0.39 is 11.9 Å². The Kier molecular flexibility index (Phi) is 3.41. The number of carbonyl (C=O) groups is 3. The number of rotatable bonds is 4. The molecule has 1 unspecified atom stereocenters. The van der Waals surface area contributed by atoms with Gasteiger partial charge < -0.3 is 5.11 Å². The van der Waals surface area contributed by atoms with E-state index in [-0.39, 0.29) is 31.2 Å². The normalized spacial score (nSPS) is 19.3. The Labute approximate surface area is 104 Å². The van der Waals surface area contributed by atoms with E-state index >= 15 is 0 Å². The molecule has 2 amide bonds. The average Bonchev–Trinajstić information content (AvgIpc) is 2.63. The van der Waals surface area contributed by atoms with Crippen molar-refractivity contribution >= 4 is 17.8 Å². The number of benzene rings is 1. The summed E-state index contributed by atoms with van der Waals surface area (Å²) in [4.78, 5) is 35.3. The van der Waals surface area contributed by atoms with Gasteiger partial charge in [0, 0.05) is 13.0 Å². The minimum absolute atomic E-state index is 0.0453. The molecule has 5 heteroatoms. The zero-order valence-corrected chi connectivity index (χ0v) is 9.70. The Balaban J connectivity index is 2.12. The summed E-state index contributed by atoms with van der Waals surface area (Å²) < 4.78 is 0. The lowest BCUT2D eigenvalue weighted by molar-refractivity contribution is -0.141. The first-order valence-electron chi connectivity index (χ1n) is 5.70. The Morgan fingerprint density at radius 3 is 2.56 bits per heavy atom. The highest BCUT2D eigenvalue weighted by Crippen LogP contribution is 2.29. The summed E-state index contributed by atoms with van der Waals surface area (Å²) in [6.45, 7) is -0.0453. The van der Waals surface area contributed by atoms with Crippen LogP contribution in [0.2, 0.25) is 0 Å². The van der Waals surface area contributed by atoms with E-state index in [1.165, 1.54) is 0 Å². The molecule has 1 heterocycles. The number of carboxylic acids is 1. The zero-order valence-electron chi connectivity index (χ0n) is 9.70. The quantitative estimate of drug-likeness (QED) is 0.805. The fourth-order valence-electron chi connectivity index (χ4n) is 2.07. The van der Waals surface area contributed by atoms with Crippen LogP contribution in [0.5, 0.6) is 0 Å². The third-order valence-corrected chi connectivity index (χ3v) is 3.00. The molecule has 0 saturated carbocycles. The van der Waals surface area contributed by atoms with Crippen molar-refractivity contribution in [2.45, 2.75) is 18.8 Å². The minimum atomic E-state index is -1.02. The second-order valence-electron chi connectivity index (χ2n) is 4.19. The second-order valence-corrected chi connectivity index (χ2v) is 4.19. The lowest BCUT2D eigenvalue weighted by atomic mass is 9.98. The van der Waals surface area contributed by atoms with Crippen molar-refractivity contribution < 1.29 is 19.5 Å². The van der Waals surface area contributed by atoms with E-state index in [2.05, 4.69) is 0 Å². The van der Waals surface area contributed by atoms with Gasteiger partial charge in [-0.3, -0.25) is 19.3 Å². The minimum Gasteiger partial charge on any atom is -0.481 e. The van der Waals surface area contributed by atoms with Crippen LogP contribution >= 0.6 is 0 Å². The molecular formula is C13H13NO4. The third-order valence-electron chi connectivity index (χ3n) is 3.00. The highest BCUT2D eigenvalue weighted by atomic mass is 16.4. The van der Waals surface area contributed by atoms with Crippen LogP contribution in [0, 0.1) is 0 Å². The van der Waals surface area contributed by atoms with Crippen molar-refractivity contribution in [3.63, 3.8) is 0 Å². The number of carboxylic acid groups (broad SMARTS) is 1. The fraction of sp³-hybridized carbons (Fsp3) is 0.308. The van der Waals surface area contributed by atoms with Gasteiger partial charge in [-0.2, -0.15) is 0 Å². The van der Waals surface area contributed by atoms with Crippen molar-refractivity contribution in [3.05, 3.63) is 35.9 Å². The summed E-state index contributed by atoms with van der Waals surface area (Å²) in [5, 5.41) is 8.58. The van der Waals surface area contributed by atoms with Crippen LogP contribution in [0.1, 0.15) is 24.3 Å². The van der Waals surface area contributed by atoms with Gasteiger partial charge in [0.1, 0.15) is 0 Å². The standard InChI is InChI=1S/C13H13NO4/c15-11-8-10(9-4-2-1-3-5-9)13(18)14(11)7-6-12(16)17/h1-5,10H,6-8H2,(H,16,17). The molecule has 1 aliphatic heterocycles. The number of nitrogens with zero attached hydrogens (tertiary/aromatic N) is 1. The van der Waals surface area contributed by atoms with Crippen LogP contribution in [0.25, 0.3) is 0 Å². The molecule has 1 aromatic carbocycles. The number of hydrogen-bond donors (Lipinski definition) is 1. The molecule has 1 atom stereocenters. The largest absolute Gasteiger partial charge is 0.481 e. The second kappa shape index (κ2) is 5.00. The monoisotopic (exact) mass is 247 g/mol. The van der Waals surface area contributed by atoms with Gasteiger partial charge in [-0.1, -0.05) is 30.3 Å². The summed E-state index contributed by atoms with van der Waals surface area (Å²) in [6.07, 6.45) is -0.0819. The summed E-state index contributed by atoms with van der Waals surface area (Å²) in [5.74, 6) is -2.08. The number of carbonyl (C=O) groups excluding carboxylic acids is 2.